The molecule has 174 valence electrons. The zero-order valence-electron chi connectivity index (χ0n) is 17.2. The Kier molecular flexibility index (Phi) is 9.72. The third kappa shape index (κ3) is 8.80. The molecule has 0 saturated carbocycles. The van der Waals surface area contributed by atoms with Gasteiger partial charge in [-0.25, -0.2) is 4.79 Å². The van der Waals surface area contributed by atoms with E-state index in [1.165, 1.54) is 12.1 Å². The number of anilines is 1. The first kappa shape index (κ1) is 26.2. The van der Waals surface area contributed by atoms with Crippen LogP contribution in [0.2, 0.25) is 0 Å². The van der Waals surface area contributed by atoms with Crippen molar-refractivity contribution < 1.29 is 32.7 Å². The van der Waals surface area contributed by atoms with E-state index in [4.69, 9.17) is 11.5 Å². The van der Waals surface area contributed by atoms with Gasteiger partial charge in [0.05, 0.1) is 6.04 Å². The van der Waals surface area contributed by atoms with Gasteiger partial charge in [0.1, 0.15) is 6.04 Å². The fraction of sp³-hybridized carbons (Fsp3) is 0.526. The molecule has 0 aromatic heterocycles. The minimum Gasteiger partial charge on any atom is -0.379 e. The lowest BCUT2D eigenvalue weighted by molar-refractivity contribution is -0.206. The maximum absolute atomic E-state index is 12.6. The SMILES string of the molecule is CC(C)[C@H](N)C(=O)N[C@@H](CCCNC(N)=O)C(=O)Nc1ccc(C(O)C(F)(F)F)cc1. The topological polar surface area (TPSA) is 160 Å². The maximum Gasteiger partial charge on any atom is 0.418 e. The summed E-state index contributed by atoms with van der Waals surface area (Å²) < 4.78 is 37.8. The predicted octanol–water partition coefficient (Wildman–Crippen LogP) is 1.14. The minimum absolute atomic E-state index is 0.146. The van der Waals surface area contributed by atoms with Crippen molar-refractivity contribution in [3.63, 3.8) is 0 Å². The van der Waals surface area contributed by atoms with Gasteiger partial charge in [0, 0.05) is 12.2 Å². The number of halogens is 3. The van der Waals surface area contributed by atoms with Crippen molar-refractivity contribution in [2.75, 3.05) is 11.9 Å². The van der Waals surface area contributed by atoms with Crippen LogP contribution in [0, 0.1) is 5.92 Å². The maximum atomic E-state index is 12.6. The second kappa shape index (κ2) is 11.5. The number of amides is 4. The number of alkyl halides is 3. The van der Waals surface area contributed by atoms with Crippen molar-refractivity contribution in [1.82, 2.24) is 10.6 Å². The van der Waals surface area contributed by atoms with Crippen LogP contribution in [0.25, 0.3) is 0 Å². The molecule has 9 nitrogen and oxygen atoms in total. The number of nitrogens with one attached hydrogen (secondary N) is 3. The number of aliphatic hydroxyl groups excluding tert-OH is 1. The first-order valence-corrected chi connectivity index (χ1v) is 9.57. The third-order valence-corrected chi connectivity index (χ3v) is 4.43. The quantitative estimate of drug-likeness (QED) is 0.296. The second-order valence-electron chi connectivity index (χ2n) is 7.32. The number of benzene rings is 1. The second-order valence-corrected chi connectivity index (χ2v) is 7.32. The highest BCUT2D eigenvalue weighted by Crippen LogP contribution is 2.32. The summed E-state index contributed by atoms with van der Waals surface area (Å²) in [5.74, 6) is -1.33. The fourth-order valence-electron chi connectivity index (χ4n) is 2.52. The number of primary amides is 1. The van der Waals surface area contributed by atoms with E-state index in [0.29, 0.717) is 6.42 Å². The molecule has 0 spiro atoms. The molecule has 12 heteroatoms. The molecule has 1 aromatic rings. The van der Waals surface area contributed by atoms with Crippen LogP contribution in [0.1, 0.15) is 38.4 Å². The van der Waals surface area contributed by atoms with Crippen LogP contribution >= 0.6 is 0 Å². The number of nitrogens with two attached hydrogens (primary N) is 2. The minimum atomic E-state index is -4.81. The van der Waals surface area contributed by atoms with Gasteiger partial charge < -0.3 is 32.5 Å². The molecule has 0 aliphatic rings. The van der Waals surface area contributed by atoms with Gasteiger partial charge >= 0.3 is 12.2 Å². The van der Waals surface area contributed by atoms with Gasteiger partial charge in [-0.3, -0.25) is 9.59 Å². The molecule has 0 aliphatic carbocycles. The molecule has 0 fully saturated rings. The van der Waals surface area contributed by atoms with E-state index in [-0.39, 0.29) is 30.1 Å². The summed E-state index contributed by atoms with van der Waals surface area (Å²) in [7, 11) is 0. The van der Waals surface area contributed by atoms with Crippen LogP contribution in [0.15, 0.2) is 24.3 Å². The van der Waals surface area contributed by atoms with Crippen molar-refractivity contribution >= 4 is 23.5 Å². The molecular weight excluding hydrogens is 419 g/mol. The molecule has 0 bridgehead atoms. The molecule has 0 radical (unpaired) electrons. The van der Waals surface area contributed by atoms with Crippen molar-refractivity contribution in [2.45, 2.75) is 51.1 Å². The molecule has 4 amide bonds. The van der Waals surface area contributed by atoms with Crippen molar-refractivity contribution in [3.8, 4) is 0 Å². The molecule has 8 N–H and O–H groups in total. The summed E-state index contributed by atoms with van der Waals surface area (Å²) >= 11 is 0. The first-order chi connectivity index (χ1) is 14.3. The van der Waals surface area contributed by atoms with Crippen LogP contribution in [0.5, 0.6) is 0 Å². The van der Waals surface area contributed by atoms with Crippen molar-refractivity contribution in [2.24, 2.45) is 17.4 Å². The summed E-state index contributed by atoms with van der Waals surface area (Å²) in [5, 5.41) is 16.7. The Morgan fingerprint density at radius 1 is 1.10 bits per heavy atom. The van der Waals surface area contributed by atoms with E-state index in [2.05, 4.69) is 16.0 Å². The highest BCUT2D eigenvalue weighted by molar-refractivity contribution is 5.97. The van der Waals surface area contributed by atoms with Crippen molar-refractivity contribution in [1.29, 1.82) is 0 Å². The first-order valence-electron chi connectivity index (χ1n) is 9.57. The third-order valence-electron chi connectivity index (χ3n) is 4.43. The Bertz CT molecular complexity index is 756. The van der Waals surface area contributed by atoms with E-state index in [9.17, 15) is 32.7 Å². The number of urea groups is 1. The largest absolute Gasteiger partial charge is 0.418 e. The Morgan fingerprint density at radius 2 is 1.68 bits per heavy atom. The predicted molar refractivity (Wildman–Crippen MR) is 108 cm³/mol. The van der Waals surface area contributed by atoms with E-state index in [1.54, 1.807) is 13.8 Å². The molecule has 0 aliphatic heterocycles. The molecule has 1 aromatic carbocycles. The zero-order valence-corrected chi connectivity index (χ0v) is 17.2. The number of rotatable bonds is 10. The van der Waals surface area contributed by atoms with Crippen LogP contribution in [0.3, 0.4) is 0 Å². The van der Waals surface area contributed by atoms with Gasteiger partial charge in [0.25, 0.3) is 0 Å². The lowest BCUT2D eigenvalue weighted by Crippen LogP contribution is -2.51. The smallest absolute Gasteiger partial charge is 0.379 e. The lowest BCUT2D eigenvalue weighted by atomic mass is 10.0. The van der Waals surface area contributed by atoms with Crippen LogP contribution < -0.4 is 27.4 Å². The van der Waals surface area contributed by atoms with Crippen LogP contribution in [-0.4, -0.2) is 47.8 Å². The van der Waals surface area contributed by atoms with Crippen molar-refractivity contribution in [3.05, 3.63) is 29.8 Å². The molecular formula is C19H28F3N5O4. The average Bonchev–Trinajstić information content (AvgIpc) is 2.68. The summed E-state index contributed by atoms with van der Waals surface area (Å²) in [4.78, 5) is 35.7. The summed E-state index contributed by atoms with van der Waals surface area (Å²) in [6, 6.07) is 1.90. The van der Waals surface area contributed by atoms with Gasteiger partial charge in [-0.1, -0.05) is 26.0 Å². The number of carbonyl (C=O) groups is 3. The average molecular weight is 447 g/mol. The highest BCUT2D eigenvalue weighted by atomic mass is 19.4. The highest BCUT2D eigenvalue weighted by Gasteiger charge is 2.39. The van der Waals surface area contributed by atoms with Gasteiger partial charge in [-0.15, -0.1) is 0 Å². The van der Waals surface area contributed by atoms with Crippen LogP contribution in [0.4, 0.5) is 23.7 Å². The summed E-state index contributed by atoms with van der Waals surface area (Å²) in [5.41, 5.74) is 10.6. The number of hydrogen-bond donors (Lipinski definition) is 6. The van der Waals surface area contributed by atoms with E-state index in [0.717, 1.165) is 12.1 Å². The molecule has 3 atom stereocenters. The van der Waals surface area contributed by atoms with E-state index in [1.807, 2.05) is 0 Å². The fourth-order valence-corrected chi connectivity index (χ4v) is 2.52. The van der Waals surface area contributed by atoms with E-state index >= 15 is 0 Å². The lowest BCUT2D eigenvalue weighted by Gasteiger charge is -2.22. The number of aliphatic hydroxyl groups is 1. The Balaban J connectivity index is 2.85. The molecule has 0 heterocycles. The van der Waals surface area contributed by atoms with E-state index < -0.39 is 42.2 Å². The van der Waals surface area contributed by atoms with Gasteiger partial charge in [-0.05, 0) is 36.5 Å². The van der Waals surface area contributed by atoms with Crippen LogP contribution in [-0.2, 0) is 9.59 Å². The monoisotopic (exact) mass is 447 g/mol. The van der Waals surface area contributed by atoms with Gasteiger partial charge in [-0.2, -0.15) is 13.2 Å². The van der Waals surface area contributed by atoms with Gasteiger partial charge in [0.2, 0.25) is 11.8 Å². The molecule has 1 rings (SSSR count). The normalized spacial score (nSPS) is 14.5. The standard InChI is InChI=1S/C19H28F3N5O4/c1-10(2)14(23)17(30)27-13(4-3-9-25-18(24)31)16(29)26-12-7-5-11(6-8-12)15(28)19(20,21)22/h5-8,10,13-15,28H,3-4,9,23H2,1-2H3,(H,26,29)(H,27,30)(H3,24,25,31)/t13-,14-,15?/m0/s1. The summed E-state index contributed by atoms with van der Waals surface area (Å²) in [6.45, 7) is 3.66. The molecule has 0 saturated heterocycles. The Labute approximate surface area is 177 Å². The zero-order chi connectivity index (χ0) is 23.8. The van der Waals surface area contributed by atoms with Gasteiger partial charge in [0.15, 0.2) is 6.10 Å². The summed E-state index contributed by atoms with van der Waals surface area (Å²) in [6.07, 6.45) is -6.99. The number of hydrogen-bond acceptors (Lipinski definition) is 5. The molecule has 1 unspecified atom stereocenters. The molecule has 31 heavy (non-hydrogen) atoms. The Hall–Kier alpha value is -2.86. The number of carbonyl (C=O) groups excluding carboxylic acids is 3. The Morgan fingerprint density at radius 3 is 2.16 bits per heavy atom.